The Balaban J connectivity index is 1.80. The Kier molecular flexibility index (Phi) is 4.77. The lowest BCUT2D eigenvalue weighted by molar-refractivity contribution is -0.137. The van der Waals surface area contributed by atoms with E-state index < -0.39 is 11.7 Å². The van der Waals surface area contributed by atoms with Crippen LogP contribution in [0.5, 0.6) is 0 Å². The zero-order valence-electron chi connectivity index (χ0n) is 15.4. The fourth-order valence-electron chi connectivity index (χ4n) is 3.71. The number of aromatic nitrogens is 3. The van der Waals surface area contributed by atoms with Crippen LogP contribution < -0.4 is 0 Å². The number of halogens is 3. The predicted octanol–water partition coefficient (Wildman–Crippen LogP) is 4.21. The highest BCUT2D eigenvalue weighted by atomic mass is 19.4. The highest BCUT2D eigenvalue weighted by Gasteiger charge is 2.31. The Labute approximate surface area is 164 Å². The Hall–Kier alpha value is -3.29. The molecule has 1 aliphatic heterocycles. The summed E-state index contributed by atoms with van der Waals surface area (Å²) in [6, 6.07) is 4.70. The van der Waals surface area contributed by atoms with E-state index in [0.717, 1.165) is 35.2 Å². The summed E-state index contributed by atoms with van der Waals surface area (Å²) in [5.41, 5.74) is 1.79. The number of carbonyl (C=O) groups is 1. The third-order valence-corrected chi connectivity index (χ3v) is 5.15. The highest BCUT2D eigenvalue weighted by Crippen LogP contribution is 2.36. The third kappa shape index (κ3) is 3.70. The van der Waals surface area contributed by atoms with Crippen LogP contribution in [0, 0.1) is 0 Å². The Morgan fingerprint density at radius 2 is 1.97 bits per heavy atom. The lowest BCUT2D eigenvalue weighted by atomic mass is 9.92. The second-order valence-electron chi connectivity index (χ2n) is 6.96. The normalized spacial score (nSPS) is 16.9. The van der Waals surface area contributed by atoms with Gasteiger partial charge in [-0.15, -0.1) is 0 Å². The zero-order chi connectivity index (χ0) is 20.6. The molecule has 0 bridgehead atoms. The van der Waals surface area contributed by atoms with Crippen LogP contribution in [0.4, 0.5) is 13.2 Å². The molecule has 3 aromatic rings. The average Bonchev–Trinajstić information content (AvgIpc) is 3.22. The fourth-order valence-corrected chi connectivity index (χ4v) is 3.71. The van der Waals surface area contributed by atoms with Crippen LogP contribution in [0.3, 0.4) is 0 Å². The van der Waals surface area contributed by atoms with Gasteiger partial charge in [0.1, 0.15) is 6.33 Å². The Morgan fingerprint density at radius 1 is 1.14 bits per heavy atom. The summed E-state index contributed by atoms with van der Waals surface area (Å²) in [5.74, 6) is -0.111. The average molecular weight is 398 g/mol. The second-order valence-corrected chi connectivity index (χ2v) is 6.96. The van der Waals surface area contributed by atoms with Gasteiger partial charge in [0, 0.05) is 48.5 Å². The first-order valence-electron chi connectivity index (χ1n) is 9.04. The molecule has 148 valence electrons. The molecule has 1 aliphatic rings. The van der Waals surface area contributed by atoms with Crippen LogP contribution in [0.15, 0.2) is 55.8 Å². The van der Waals surface area contributed by atoms with Crippen LogP contribution in [-0.2, 0) is 11.0 Å². The molecule has 8 heteroatoms. The maximum atomic E-state index is 13.1. The van der Waals surface area contributed by atoms with Gasteiger partial charge in [0.2, 0.25) is 5.91 Å². The van der Waals surface area contributed by atoms with E-state index in [1.807, 2.05) is 6.07 Å². The lowest BCUT2D eigenvalue weighted by Crippen LogP contribution is -2.26. The van der Waals surface area contributed by atoms with E-state index in [4.69, 9.17) is 0 Å². The number of fused-ring (bicyclic) bond motifs is 1. The van der Waals surface area contributed by atoms with Gasteiger partial charge in [-0.3, -0.25) is 9.78 Å². The molecule has 1 saturated heterocycles. The molecule has 2 aromatic heterocycles. The maximum absolute atomic E-state index is 13.1. The number of alkyl halides is 3. The van der Waals surface area contributed by atoms with Gasteiger partial charge in [0.05, 0.1) is 11.1 Å². The number of hydrogen-bond acceptors (Lipinski definition) is 4. The summed E-state index contributed by atoms with van der Waals surface area (Å²) in [6.07, 6.45) is 2.85. The van der Waals surface area contributed by atoms with Gasteiger partial charge in [-0.1, -0.05) is 6.58 Å². The summed E-state index contributed by atoms with van der Waals surface area (Å²) in [6.45, 7) is 4.63. The van der Waals surface area contributed by atoms with Gasteiger partial charge in [-0.2, -0.15) is 13.2 Å². The van der Waals surface area contributed by atoms with E-state index in [1.165, 1.54) is 18.6 Å². The zero-order valence-corrected chi connectivity index (χ0v) is 15.4. The molecular formula is C21H17F3N4O. The molecule has 5 nitrogen and oxygen atoms in total. The van der Waals surface area contributed by atoms with E-state index in [9.17, 15) is 18.0 Å². The number of hydrogen-bond donors (Lipinski definition) is 0. The van der Waals surface area contributed by atoms with E-state index in [0.29, 0.717) is 24.2 Å². The molecule has 1 fully saturated rings. The topological polar surface area (TPSA) is 59.0 Å². The van der Waals surface area contributed by atoms with Crippen LogP contribution in [0.2, 0.25) is 0 Å². The number of pyridine rings is 1. The van der Waals surface area contributed by atoms with E-state index in [1.54, 1.807) is 17.2 Å². The minimum Gasteiger partial charge on any atom is -0.339 e. The van der Waals surface area contributed by atoms with Gasteiger partial charge in [0.25, 0.3) is 0 Å². The molecule has 1 aromatic carbocycles. The van der Waals surface area contributed by atoms with E-state index >= 15 is 0 Å². The molecule has 0 aliphatic carbocycles. The minimum absolute atomic E-state index is 0.0232. The van der Waals surface area contributed by atoms with Crippen molar-refractivity contribution in [1.29, 1.82) is 0 Å². The van der Waals surface area contributed by atoms with Crippen molar-refractivity contribution in [2.75, 3.05) is 13.1 Å². The molecule has 1 unspecified atom stereocenters. The van der Waals surface area contributed by atoms with Crippen molar-refractivity contribution in [3.8, 4) is 11.1 Å². The van der Waals surface area contributed by atoms with Gasteiger partial charge in [-0.25, -0.2) is 9.97 Å². The van der Waals surface area contributed by atoms with Crippen LogP contribution in [-0.4, -0.2) is 38.8 Å². The standard InChI is InChI=1S/C21H17F3N4O/c1-2-19(29)28-4-3-13(11-28)18-7-14(5-16-9-26-12-27-20(16)18)15-6-17(10-25-8-15)21(22,23)24/h2,5-10,12-13H,1,3-4,11H2. The SMILES string of the molecule is C=CC(=O)N1CCC(c2cc(-c3cncc(C(F)(F)F)c3)cc3cncnc23)C1. The minimum atomic E-state index is -4.47. The molecular weight excluding hydrogens is 381 g/mol. The first kappa shape index (κ1) is 19.0. The van der Waals surface area contributed by atoms with Crippen molar-refractivity contribution < 1.29 is 18.0 Å². The summed E-state index contributed by atoms with van der Waals surface area (Å²) in [4.78, 5) is 25.8. The van der Waals surface area contributed by atoms with Gasteiger partial charge in [0.15, 0.2) is 0 Å². The molecule has 1 atom stereocenters. The molecule has 1 amide bonds. The summed E-state index contributed by atoms with van der Waals surface area (Å²) in [7, 11) is 0. The van der Waals surface area contributed by atoms with Gasteiger partial charge >= 0.3 is 6.18 Å². The number of rotatable bonds is 3. The highest BCUT2D eigenvalue weighted by molar-refractivity contribution is 5.89. The van der Waals surface area contributed by atoms with Gasteiger partial charge in [-0.05, 0) is 41.8 Å². The Morgan fingerprint density at radius 3 is 2.72 bits per heavy atom. The Bertz CT molecular complexity index is 1100. The van der Waals surface area contributed by atoms with Crippen LogP contribution >= 0.6 is 0 Å². The van der Waals surface area contributed by atoms with Crippen molar-refractivity contribution in [1.82, 2.24) is 19.9 Å². The van der Waals surface area contributed by atoms with Crippen molar-refractivity contribution in [2.24, 2.45) is 0 Å². The second kappa shape index (κ2) is 7.27. The smallest absolute Gasteiger partial charge is 0.339 e. The number of carbonyl (C=O) groups excluding carboxylic acids is 1. The van der Waals surface area contributed by atoms with E-state index in [2.05, 4.69) is 21.5 Å². The van der Waals surface area contributed by atoms with Crippen molar-refractivity contribution in [3.05, 3.63) is 66.9 Å². The molecule has 3 heterocycles. The molecule has 29 heavy (non-hydrogen) atoms. The first-order valence-corrected chi connectivity index (χ1v) is 9.04. The molecule has 0 saturated carbocycles. The largest absolute Gasteiger partial charge is 0.417 e. The van der Waals surface area contributed by atoms with Crippen molar-refractivity contribution in [2.45, 2.75) is 18.5 Å². The van der Waals surface area contributed by atoms with Crippen molar-refractivity contribution >= 4 is 16.8 Å². The van der Waals surface area contributed by atoms with Gasteiger partial charge < -0.3 is 4.90 Å². The lowest BCUT2D eigenvalue weighted by Gasteiger charge is -2.17. The third-order valence-electron chi connectivity index (χ3n) is 5.15. The number of amides is 1. The predicted molar refractivity (Wildman–Crippen MR) is 102 cm³/mol. The monoisotopic (exact) mass is 398 g/mol. The van der Waals surface area contributed by atoms with E-state index in [-0.39, 0.29) is 11.8 Å². The summed E-state index contributed by atoms with van der Waals surface area (Å²) >= 11 is 0. The van der Waals surface area contributed by atoms with Crippen LogP contribution in [0.1, 0.15) is 23.5 Å². The van der Waals surface area contributed by atoms with Crippen LogP contribution in [0.25, 0.3) is 22.0 Å². The summed E-state index contributed by atoms with van der Waals surface area (Å²) < 4.78 is 39.3. The first-order chi connectivity index (χ1) is 13.9. The number of nitrogens with zero attached hydrogens (tertiary/aromatic N) is 4. The number of likely N-dealkylation sites (tertiary alicyclic amines) is 1. The fraction of sp³-hybridized carbons (Fsp3) is 0.238. The molecule has 0 N–H and O–H groups in total. The molecule has 0 spiro atoms. The molecule has 4 rings (SSSR count). The van der Waals surface area contributed by atoms with Crippen molar-refractivity contribution in [3.63, 3.8) is 0 Å². The quantitative estimate of drug-likeness (QED) is 0.620. The summed E-state index contributed by atoms with van der Waals surface area (Å²) in [5, 5.41) is 0.728. The maximum Gasteiger partial charge on any atom is 0.417 e. The molecule has 0 radical (unpaired) electrons. The number of benzene rings is 1.